The van der Waals surface area contributed by atoms with Crippen molar-refractivity contribution in [3.8, 4) is 27.9 Å². The van der Waals surface area contributed by atoms with E-state index in [0.717, 1.165) is 71.0 Å². The monoisotopic (exact) mass is 1020 g/mol. The molecule has 3 heteroatoms. The van der Waals surface area contributed by atoms with Crippen molar-refractivity contribution in [3.05, 3.63) is 125 Å². The van der Waals surface area contributed by atoms with E-state index in [2.05, 4.69) is 112 Å². The van der Waals surface area contributed by atoms with Crippen LogP contribution in [0.2, 0.25) is 0 Å². The topological polar surface area (TPSA) is 9.86 Å². The summed E-state index contributed by atoms with van der Waals surface area (Å²) in [7, 11) is 0. The van der Waals surface area contributed by atoms with Crippen LogP contribution < -0.4 is 10.9 Å². The van der Waals surface area contributed by atoms with Gasteiger partial charge in [0.25, 0.3) is 0 Å². The average molecular weight is 1020 g/mol. The number of fused-ring (bicyclic) bond motifs is 14. The van der Waals surface area contributed by atoms with Crippen molar-refractivity contribution in [2.24, 2.45) is 92.7 Å². The third kappa shape index (κ3) is 3.68. The zero-order chi connectivity index (χ0) is 49.8. The zero-order valence-electron chi connectivity index (χ0n) is 45.9. The maximum Gasteiger partial charge on any atom is 0.333 e. The van der Waals surface area contributed by atoms with E-state index in [1.54, 1.807) is 65.8 Å². The molecule has 4 heterocycles. The molecule has 4 spiro atoms. The highest BCUT2D eigenvalue weighted by atomic mass is 15.0. The number of hydrogen-bond donors (Lipinski definition) is 0. The standard InChI is InChI=1S/C76H69BN2/c1-2-4-38(5-3-1)39-11-57-60-22-43(72-26-48-10-40-25-73(48,34-72)61(40)33-72)21-58-56-20-42(70-29-51-15-46-16-52(30-70)75(46,51)36-70)7-9-64(56)79(67(58)60)77-62-24-44(71-31-53-17-47-18-54(32-71)76(47,53)37-71)23-59-55-19-41(6-8-63(55)78(68(59)62)65(12-39)66(57)77)69-27-49-13-45-14-50(28-69)74(45,49)35-69/h1-9,11-12,19-24,40,45-54,61H,10,13-18,25-37H2. The minimum atomic E-state index is 0.117. The minimum absolute atomic E-state index is 0.117. The lowest BCUT2D eigenvalue weighted by atomic mass is 9.38. The smallest absolute Gasteiger partial charge is 0.333 e. The fourth-order valence-corrected chi connectivity index (χ4v) is 30.9. The van der Waals surface area contributed by atoms with Crippen molar-refractivity contribution in [2.75, 3.05) is 0 Å². The molecule has 2 aromatic heterocycles. The lowest BCUT2D eigenvalue weighted by Crippen LogP contribution is -2.59. The number of rotatable bonds is 5. The van der Waals surface area contributed by atoms with Crippen LogP contribution in [0.25, 0.3) is 71.6 Å². The molecule has 11 atom stereocenters. The van der Waals surface area contributed by atoms with Gasteiger partial charge in [-0.25, -0.2) is 0 Å². The molecule has 27 rings (SSSR count). The van der Waals surface area contributed by atoms with Gasteiger partial charge in [0, 0.05) is 43.8 Å². The maximum absolute atomic E-state index is 3.04. The summed E-state index contributed by atoms with van der Waals surface area (Å²) >= 11 is 0. The maximum atomic E-state index is 3.04. The Hall–Kier alpha value is -5.02. The normalized spacial score (nSPS) is 48.9. The highest BCUT2D eigenvalue weighted by molar-refractivity contribution is 6.90. The van der Waals surface area contributed by atoms with Crippen molar-refractivity contribution in [1.82, 2.24) is 9.05 Å². The highest BCUT2D eigenvalue weighted by Crippen LogP contribution is 2.88. The highest BCUT2D eigenvalue weighted by Gasteiger charge is 2.80. The first-order valence-electron chi connectivity index (χ1n) is 33.2. The van der Waals surface area contributed by atoms with Crippen LogP contribution in [-0.2, 0) is 21.7 Å². The molecule has 386 valence electrons. The van der Waals surface area contributed by atoms with E-state index in [4.69, 9.17) is 0 Å². The largest absolute Gasteiger partial charge is 0.375 e. The van der Waals surface area contributed by atoms with Gasteiger partial charge >= 0.3 is 6.85 Å². The van der Waals surface area contributed by atoms with Crippen molar-refractivity contribution in [1.29, 1.82) is 0 Å². The molecular formula is C76H69BN2. The SMILES string of the molecule is c1ccc(-c2cc3c4c(c2)-n2c5ccc(C67CC8CC9CC(C6)C98C7)cc5c5cc(C67CC8CC9CC(C6)C98C7)cc(c52)B4n2c4ccc(C56CC7CC8CC(C5)C87C6)cc4c4cc(C56CC7CC8CC7(C5)C8C6)cc-3c42)cc1. The summed E-state index contributed by atoms with van der Waals surface area (Å²) in [4.78, 5) is 0. The average Bonchev–Trinajstić information content (AvgIpc) is 2.28. The van der Waals surface area contributed by atoms with E-state index in [9.17, 15) is 0 Å². The molecule has 0 N–H and O–H groups in total. The fourth-order valence-electron chi connectivity index (χ4n) is 30.9. The van der Waals surface area contributed by atoms with E-state index in [1.165, 1.54) is 167 Å². The quantitative estimate of drug-likeness (QED) is 0.152. The van der Waals surface area contributed by atoms with Crippen LogP contribution in [-0.4, -0.2) is 15.9 Å². The summed E-state index contributed by atoms with van der Waals surface area (Å²) in [6.07, 6.45) is 29.7. The van der Waals surface area contributed by atoms with Crippen LogP contribution in [0.4, 0.5) is 0 Å². The van der Waals surface area contributed by atoms with Gasteiger partial charge in [-0.2, -0.15) is 0 Å². The molecule has 8 aromatic rings. The Morgan fingerprint density at radius 1 is 0.392 bits per heavy atom. The number of benzene rings is 6. The summed E-state index contributed by atoms with van der Waals surface area (Å²) in [6, 6.07) is 45.2. The zero-order valence-corrected chi connectivity index (χ0v) is 45.9. The van der Waals surface area contributed by atoms with Gasteiger partial charge < -0.3 is 9.05 Å². The van der Waals surface area contributed by atoms with E-state index >= 15 is 0 Å². The van der Waals surface area contributed by atoms with Gasteiger partial charge in [0.1, 0.15) is 0 Å². The Kier molecular flexibility index (Phi) is 5.81. The van der Waals surface area contributed by atoms with Crippen molar-refractivity contribution in [3.63, 3.8) is 0 Å². The van der Waals surface area contributed by atoms with Crippen LogP contribution >= 0.6 is 0 Å². The van der Waals surface area contributed by atoms with E-state index < -0.39 is 0 Å². The van der Waals surface area contributed by atoms with Crippen LogP contribution in [0.1, 0.15) is 151 Å². The molecule has 2 aliphatic heterocycles. The molecular weight excluding hydrogens is 952 g/mol. The van der Waals surface area contributed by atoms with Gasteiger partial charge in [0.05, 0.1) is 11.0 Å². The first-order valence-corrected chi connectivity index (χ1v) is 33.2. The number of aromatic nitrogens is 2. The third-order valence-electron chi connectivity index (χ3n) is 33.1. The molecule has 19 aliphatic rings. The van der Waals surface area contributed by atoms with E-state index in [-0.39, 0.29) is 6.85 Å². The summed E-state index contributed by atoms with van der Waals surface area (Å²) in [6.45, 7) is 0.117. The molecule has 17 fully saturated rings. The Bertz CT molecular complexity index is 4400. The second-order valence-electron chi connectivity index (χ2n) is 34.0. The Labute approximate surface area is 464 Å². The number of hydrogen-bond acceptors (Lipinski definition) is 0. The van der Waals surface area contributed by atoms with Gasteiger partial charge in [0.15, 0.2) is 0 Å². The first kappa shape index (κ1) is 40.2. The van der Waals surface area contributed by atoms with Crippen LogP contribution in [0.3, 0.4) is 0 Å². The van der Waals surface area contributed by atoms with Crippen molar-refractivity contribution < 1.29 is 0 Å². The minimum Gasteiger partial charge on any atom is -0.375 e. The van der Waals surface area contributed by atoms with Crippen LogP contribution in [0.5, 0.6) is 0 Å². The molecule has 79 heavy (non-hydrogen) atoms. The second-order valence-corrected chi connectivity index (χ2v) is 34.0. The van der Waals surface area contributed by atoms with Gasteiger partial charge in [-0.05, 0) is 347 Å². The fraction of sp³-hybridized carbons (Fsp3) is 0.526. The van der Waals surface area contributed by atoms with Crippen LogP contribution in [0.15, 0.2) is 103 Å². The van der Waals surface area contributed by atoms with E-state index in [0.29, 0.717) is 43.3 Å². The summed E-state index contributed by atoms with van der Waals surface area (Å²) in [5.74, 6) is 12.0. The predicted molar refractivity (Wildman–Crippen MR) is 316 cm³/mol. The third-order valence-corrected chi connectivity index (χ3v) is 33.1. The molecule has 0 saturated heterocycles. The lowest BCUT2D eigenvalue weighted by molar-refractivity contribution is -0.175. The molecule has 2 nitrogen and oxygen atoms in total. The van der Waals surface area contributed by atoms with Crippen molar-refractivity contribution >= 4 is 61.4 Å². The molecule has 0 amide bonds. The summed E-state index contributed by atoms with van der Waals surface area (Å²) < 4.78 is 5.94. The lowest BCUT2D eigenvalue weighted by Gasteiger charge is -2.66. The van der Waals surface area contributed by atoms with Crippen molar-refractivity contribution in [2.45, 2.75) is 150 Å². The molecule has 11 unspecified atom stereocenters. The van der Waals surface area contributed by atoms with Gasteiger partial charge in [-0.1, -0.05) is 48.5 Å². The second kappa shape index (κ2) is 11.4. The summed E-state index contributed by atoms with van der Waals surface area (Å²) in [5, 5.41) is 6.34. The molecule has 9 bridgehead atoms. The van der Waals surface area contributed by atoms with Gasteiger partial charge in [-0.3, -0.25) is 0 Å². The Balaban J connectivity index is 0.783. The van der Waals surface area contributed by atoms with Gasteiger partial charge in [-0.15, -0.1) is 0 Å². The molecule has 17 saturated carbocycles. The first-order chi connectivity index (χ1) is 38.7. The summed E-state index contributed by atoms with van der Waals surface area (Å²) in [5.41, 5.74) is 27.6. The Morgan fingerprint density at radius 3 is 1.53 bits per heavy atom. The molecule has 0 radical (unpaired) electrons. The van der Waals surface area contributed by atoms with Crippen LogP contribution in [0, 0.1) is 92.7 Å². The van der Waals surface area contributed by atoms with E-state index in [1.807, 2.05) is 0 Å². The molecule has 6 aromatic carbocycles. The Morgan fingerprint density at radius 2 is 0.937 bits per heavy atom. The predicted octanol–water partition coefficient (Wildman–Crippen LogP) is 15.8. The van der Waals surface area contributed by atoms with Gasteiger partial charge in [0.2, 0.25) is 0 Å². The number of nitrogens with zero attached hydrogens (tertiary/aromatic N) is 2. The molecule has 17 aliphatic carbocycles.